The second-order valence-electron chi connectivity index (χ2n) is 5.05. The van der Waals surface area contributed by atoms with Gasteiger partial charge in [-0.3, -0.25) is 4.79 Å². The molecule has 0 spiro atoms. The summed E-state index contributed by atoms with van der Waals surface area (Å²) < 4.78 is 5.09. The fraction of sp³-hybridized carbons (Fsp3) is 0.500. The first-order valence-corrected chi connectivity index (χ1v) is 7.47. The van der Waals surface area contributed by atoms with Crippen LogP contribution in [0, 0.1) is 11.4 Å². The van der Waals surface area contributed by atoms with Crippen molar-refractivity contribution < 1.29 is 14.3 Å². The van der Waals surface area contributed by atoms with Crippen LogP contribution in [0.3, 0.4) is 0 Å². The SMILES string of the molecule is CCCC(CCNC(=O)OCc1ccccc1)C(=O)CN=N. The van der Waals surface area contributed by atoms with Gasteiger partial charge in [-0.1, -0.05) is 43.7 Å². The number of amides is 1. The van der Waals surface area contributed by atoms with Crippen LogP contribution >= 0.6 is 0 Å². The van der Waals surface area contributed by atoms with E-state index in [2.05, 4.69) is 10.4 Å². The van der Waals surface area contributed by atoms with Crippen LogP contribution in [0.5, 0.6) is 0 Å². The lowest BCUT2D eigenvalue weighted by molar-refractivity contribution is -0.121. The average molecular weight is 305 g/mol. The predicted molar refractivity (Wildman–Crippen MR) is 82.7 cm³/mol. The Morgan fingerprint density at radius 2 is 2.00 bits per heavy atom. The molecule has 0 aliphatic heterocycles. The van der Waals surface area contributed by atoms with E-state index < -0.39 is 6.09 Å². The lowest BCUT2D eigenvalue weighted by atomic mass is 9.95. The summed E-state index contributed by atoms with van der Waals surface area (Å²) in [6, 6.07) is 9.43. The maximum absolute atomic E-state index is 11.8. The molecule has 0 saturated carbocycles. The highest BCUT2D eigenvalue weighted by molar-refractivity contribution is 5.83. The summed E-state index contributed by atoms with van der Waals surface area (Å²) in [7, 11) is 0. The Kier molecular flexibility index (Phi) is 8.49. The van der Waals surface area contributed by atoms with Crippen LogP contribution < -0.4 is 5.32 Å². The molecule has 120 valence electrons. The minimum Gasteiger partial charge on any atom is -0.445 e. The first-order valence-electron chi connectivity index (χ1n) is 7.47. The lowest BCUT2D eigenvalue weighted by Gasteiger charge is -2.14. The molecular weight excluding hydrogens is 282 g/mol. The summed E-state index contributed by atoms with van der Waals surface area (Å²) in [6.45, 7) is 2.52. The first-order chi connectivity index (χ1) is 10.7. The van der Waals surface area contributed by atoms with Crippen LogP contribution in [0.25, 0.3) is 0 Å². The molecule has 0 bridgehead atoms. The van der Waals surface area contributed by atoms with E-state index >= 15 is 0 Å². The zero-order valence-corrected chi connectivity index (χ0v) is 12.9. The van der Waals surface area contributed by atoms with Crippen LogP contribution in [-0.4, -0.2) is 25.0 Å². The molecule has 0 fully saturated rings. The van der Waals surface area contributed by atoms with Crippen molar-refractivity contribution in [3.8, 4) is 0 Å². The highest BCUT2D eigenvalue weighted by Gasteiger charge is 2.17. The number of benzene rings is 1. The van der Waals surface area contributed by atoms with Crippen molar-refractivity contribution >= 4 is 11.9 Å². The summed E-state index contributed by atoms with van der Waals surface area (Å²) in [5.41, 5.74) is 7.68. The molecule has 1 aromatic carbocycles. The quantitative estimate of drug-likeness (QED) is 0.649. The van der Waals surface area contributed by atoms with Gasteiger partial charge in [-0.2, -0.15) is 5.11 Å². The Morgan fingerprint density at radius 3 is 2.64 bits per heavy atom. The second kappa shape index (κ2) is 10.5. The summed E-state index contributed by atoms with van der Waals surface area (Å²) in [4.78, 5) is 23.3. The van der Waals surface area contributed by atoms with Crippen LogP contribution in [0.2, 0.25) is 0 Å². The third-order valence-electron chi connectivity index (χ3n) is 3.30. The number of Topliss-reactive ketones (excluding diaryl/α,β-unsaturated/α-hetero) is 1. The van der Waals surface area contributed by atoms with Gasteiger partial charge in [0.25, 0.3) is 0 Å². The van der Waals surface area contributed by atoms with E-state index in [1.807, 2.05) is 37.3 Å². The van der Waals surface area contributed by atoms with E-state index in [1.165, 1.54) is 0 Å². The summed E-state index contributed by atoms with van der Waals surface area (Å²) in [6.07, 6.45) is 1.68. The van der Waals surface area contributed by atoms with E-state index in [9.17, 15) is 9.59 Å². The number of hydrogen-bond donors (Lipinski definition) is 2. The summed E-state index contributed by atoms with van der Waals surface area (Å²) in [5.74, 6) is -0.204. The number of ether oxygens (including phenoxy) is 1. The van der Waals surface area contributed by atoms with Crippen LogP contribution in [0.4, 0.5) is 4.79 Å². The van der Waals surface area contributed by atoms with Crippen LogP contribution in [0.15, 0.2) is 35.4 Å². The molecule has 6 heteroatoms. The van der Waals surface area contributed by atoms with Crippen molar-refractivity contribution in [3.63, 3.8) is 0 Å². The number of hydrogen-bond acceptors (Lipinski definition) is 5. The van der Waals surface area contributed by atoms with Gasteiger partial charge in [-0.25, -0.2) is 10.3 Å². The number of carbonyl (C=O) groups is 2. The minimum absolute atomic E-state index is 0.0451. The summed E-state index contributed by atoms with van der Waals surface area (Å²) in [5, 5.41) is 5.78. The Bertz CT molecular complexity index is 477. The molecule has 1 unspecified atom stereocenters. The Labute approximate surface area is 130 Å². The van der Waals surface area contributed by atoms with Gasteiger partial charge in [-0.05, 0) is 18.4 Å². The predicted octanol–water partition coefficient (Wildman–Crippen LogP) is 3.32. The number of alkyl carbamates (subject to hydrolysis) is 1. The molecule has 0 saturated heterocycles. The van der Waals surface area contributed by atoms with Crippen LogP contribution in [-0.2, 0) is 16.1 Å². The first kappa shape index (κ1) is 17.8. The van der Waals surface area contributed by atoms with Crippen molar-refractivity contribution in [3.05, 3.63) is 35.9 Å². The fourth-order valence-corrected chi connectivity index (χ4v) is 2.14. The van der Waals surface area contributed by atoms with E-state index in [4.69, 9.17) is 10.3 Å². The average Bonchev–Trinajstić information content (AvgIpc) is 2.53. The number of nitrogens with zero attached hydrogens (tertiary/aromatic N) is 1. The highest BCUT2D eigenvalue weighted by atomic mass is 16.5. The molecule has 1 rings (SSSR count). The van der Waals surface area contributed by atoms with E-state index in [0.29, 0.717) is 13.0 Å². The normalized spacial score (nSPS) is 11.5. The molecule has 0 heterocycles. The minimum atomic E-state index is -0.489. The Balaban J connectivity index is 2.27. The van der Waals surface area contributed by atoms with Gasteiger partial charge in [0.05, 0.1) is 0 Å². The molecule has 0 aliphatic rings. The third kappa shape index (κ3) is 6.97. The highest BCUT2D eigenvalue weighted by Crippen LogP contribution is 2.12. The number of ketones is 1. The lowest BCUT2D eigenvalue weighted by Crippen LogP contribution is -2.29. The van der Waals surface area contributed by atoms with Crippen molar-refractivity contribution in [1.29, 1.82) is 5.53 Å². The van der Waals surface area contributed by atoms with Gasteiger partial charge >= 0.3 is 6.09 Å². The molecule has 22 heavy (non-hydrogen) atoms. The van der Waals surface area contributed by atoms with E-state index in [1.54, 1.807) is 0 Å². The Hall–Kier alpha value is -2.24. The zero-order chi connectivity index (χ0) is 16.2. The van der Waals surface area contributed by atoms with Crippen molar-refractivity contribution in [2.75, 3.05) is 13.1 Å². The fourth-order valence-electron chi connectivity index (χ4n) is 2.14. The van der Waals surface area contributed by atoms with Gasteiger partial charge in [0.1, 0.15) is 13.2 Å². The van der Waals surface area contributed by atoms with Gasteiger partial charge in [0, 0.05) is 12.5 Å². The Morgan fingerprint density at radius 1 is 1.27 bits per heavy atom. The zero-order valence-electron chi connectivity index (χ0n) is 12.9. The van der Waals surface area contributed by atoms with E-state index in [0.717, 1.165) is 18.4 Å². The molecule has 1 aromatic rings. The number of rotatable bonds is 10. The standard InChI is InChI=1S/C16H23N3O3/c1-2-6-14(15(20)11-19-17)9-10-18-16(21)22-12-13-7-4-3-5-8-13/h3-5,7-8,14,17H,2,6,9-12H2,1H3,(H,18,21). The molecule has 2 N–H and O–H groups in total. The second-order valence-corrected chi connectivity index (χ2v) is 5.05. The van der Waals surface area contributed by atoms with Crippen LogP contribution in [0.1, 0.15) is 31.7 Å². The molecule has 6 nitrogen and oxygen atoms in total. The van der Waals surface area contributed by atoms with Gasteiger partial charge in [0.15, 0.2) is 5.78 Å². The van der Waals surface area contributed by atoms with E-state index in [-0.39, 0.29) is 24.9 Å². The van der Waals surface area contributed by atoms with Crippen molar-refractivity contribution in [2.45, 2.75) is 32.8 Å². The van der Waals surface area contributed by atoms with Gasteiger partial charge in [-0.15, -0.1) is 0 Å². The maximum Gasteiger partial charge on any atom is 0.407 e. The largest absolute Gasteiger partial charge is 0.445 e. The molecule has 0 radical (unpaired) electrons. The topological polar surface area (TPSA) is 91.6 Å². The number of carbonyl (C=O) groups excluding carboxylic acids is 2. The molecule has 1 amide bonds. The van der Waals surface area contributed by atoms with Crippen molar-refractivity contribution in [2.24, 2.45) is 11.0 Å². The van der Waals surface area contributed by atoms with Gasteiger partial charge in [0.2, 0.25) is 0 Å². The third-order valence-corrected chi connectivity index (χ3v) is 3.30. The van der Waals surface area contributed by atoms with Gasteiger partial charge < -0.3 is 10.1 Å². The smallest absolute Gasteiger partial charge is 0.407 e. The molecule has 0 aliphatic carbocycles. The maximum atomic E-state index is 11.8. The molecule has 0 aromatic heterocycles. The van der Waals surface area contributed by atoms with Crippen molar-refractivity contribution in [1.82, 2.24) is 5.32 Å². The monoisotopic (exact) mass is 305 g/mol. The number of nitrogens with one attached hydrogen (secondary N) is 2. The molecule has 1 atom stereocenters. The molecular formula is C16H23N3O3. The summed E-state index contributed by atoms with van der Waals surface area (Å²) >= 11 is 0.